The van der Waals surface area contributed by atoms with E-state index in [0.29, 0.717) is 0 Å². The molecule has 0 aliphatic heterocycles. The Bertz CT molecular complexity index is 432. The molecule has 1 nitrogen and oxygen atoms in total. The van der Waals surface area contributed by atoms with Crippen LogP contribution in [0.4, 0.5) is 0 Å². The van der Waals surface area contributed by atoms with Crippen LogP contribution in [0.5, 0.6) is 0 Å². The van der Waals surface area contributed by atoms with Crippen molar-refractivity contribution in [3.8, 4) is 11.1 Å². The largest absolute Gasteiger partial charge is 0.389 e. The van der Waals surface area contributed by atoms with E-state index >= 15 is 0 Å². The third-order valence-corrected chi connectivity index (χ3v) is 2.48. The minimum Gasteiger partial charge on any atom is -0.389 e. The van der Waals surface area contributed by atoms with Gasteiger partial charge in [0.25, 0.3) is 0 Å². The molecule has 1 heteroatoms. The van der Waals surface area contributed by atoms with Gasteiger partial charge in [0.05, 0.1) is 6.10 Å². The van der Waals surface area contributed by atoms with E-state index in [4.69, 9.17) is 0 Å². The zero-order valence-electron chi connectivity index (χ0n) is 8.72. The van der Waals surface area contributed by atoms with Gasteiger partial charge in [-0.1, -0.05) is 48.5 Å². The molecule has 0 saturated heterocycles. The van der Waals surface area contributed by atoms with Crippen LogP contribution in [-0.4, -0.2) is 5.11 Å². The quantitative estimate of drug-likeness (QED) is 0.784. The van der Waals surface area contributed by atoms with E-state index < -0.39 is 6.10 Å². The summed E-state index contributed by atoms with van der Waals surface area (Å²) >= 11 is 0. The van der Waals surface area contributed by atoms with Crippen LogP contribution < -0.4 is 0 Å². The van der Waals surface area contributed by atoms with Crippen molar-refractivity contribution in [2.24, 2.45) is 0 Å². The van der Waals surface area contributed by atoms with Crippen molar-refractivity contribution in [3.63, 3.8) is 0 Å². The Labute approximate surface area is 90.0 Å². The highest BCUT2D eigenvalue weighted by molar-refractivity contribution is 5.64. The monoisotopic (exact) mass is 198 g/mol. The predicted octanol–water partition coefficient (Wildman–Crippen LogP) is 3.41. The summed E-state index contributed by atoms with van der Waals surface area (Å²) < 4.78 is 0. The summed E-state index contributed by atoms with van der Waals surface area (Å²) in [6.07, 6.45) is -0.409. The maximum atomic E-state index is 9.50. The lowest BCUT2D eigenvalue weighted by Gasteiger charge is -2.07. The first-order valence-corrected chi connectivity index (χ1v) is 5.11. The van der Waals surface area contributed by atoms with Crippen LogP contribution in [0.1, 0.15) is 18.6 Å². The molecule has 0 fully saturated rings. The van der Waals surface area contributed by atoms with E-state index in [9.17, 15) is 5.11 Å². The predicted molar refractivity (Wildman–Crippen MR) is 62.5 cm³/mol. The first-order valence-electron chi connectivity index (χ1n) is 5.11. The average molecular weight is 198 g/mol. The fourth-order valence-corrected chi connectivity index (χ4v) is 1.61. The zero-order chi connectivity index (χ0) is 10.7. The van der Waals surface area contributed by atoms with Crippen LogP contribution in [0.2, 0.25) is 0 Å². The SMILES string of the molecule is C[C@@H](O)c1cccc(-c2ccccc2)c1. The van der Waals surface area contributed by atoms with Crippen molar-refractivity contribution in [2.45, 2.75) is 13.0 Å². The second kappa shape index (κ2) is 4.28. The van der Waals surface area contributed by atoms with E-state index in [1.165, 1.54) is 5.56 Å². The van der Waals surface area contributed by atoms with Gasteiger partial charge in [0, 0.05) is 0 Å². The smallest absolute Gasteiger partial charge is 0.0762 e. The average Bonchev–Trinajstić information content (AvgIpc) is 2.30. The van der Waals surface area contributed by atoms with Gasteiger partial charge in [0.2, 0.25) is 0 Å². The second-order valence-electron chi connectivity index (χ2n) is 3.67. The highest BCUT2D eigenvalue weighted by atomic mass is 16.3. The van der Waals surface area contributed by atoms with Crippen LogP contribution in [-0.2, 0) is 0 Å². The molecule has 0 unspecified atom stereocenters. The molecule has 2 rings (SSSR count). The lowest BCUT2D eigenvalue weighted by atomic mass is 10.0. The van der Waals surface area contributed by atoms with Gasteiger partial charge in [0.15, 0.2) is 0 Å². The van der Waals surface area contributed by atoms with Gasteiger partial charge in [-0.25, -0.2) is 0 Å². The van der Waals surface area contributed by atoms with Gasteiger partial charge in [-0.05, 0) is 29.7 Å². The lowest BCUT2D eigenvalue weighted by Crippen LogP contribution is -1.90. The molecule has 1 N–H and O–H groups in total. The minimum atomic E-state index is -0.409. The van der Waals surface area contributed by atoms with Crippen molar-refractivity contribution in [1.29, 1.82) is 0 Å². The van der Waals surface area contributed by atoms with Gasteiger partial charge in [0.1, 0.15) is 0 Å². The Kier molecular flexibility index (Phi) is 2.84. The Morgan fingerprint density at radius 3 is 2.20 bits per heavy atom. The third kappa shape index (κ3) is 2.25. The molecule has 2 aromatic rings. The molecule has 0 saturated carbocycles. The van der Waals surface area contributed by atoms with E-state index in [-0.39, 0.29) is 0 Å². The molecular formula is C14H14O. The van der Waals surface area contributed by atoms with Gasteiger partial charge in [-0.15, -0.1) is 0 Å². The highest BCUT2D eigenvalue weighted by Gasteiger charge is 2.02. The summed E-state index contributed by atoms with van der Waals surface area (Å²) in [5, 5.41) is 9.50. The maximum absolute atomic E-state index is 9.50. The van der Waals surface area contributed by atoms with E-state index in [1.54, 1.807) is 6.92 Å². The van der Waals surface area contributed by atoms with Crippen molar-refractivity contribution in [1.82, 2.24) is 0 Å². The van der Waals surface area contributed by atoms with Crippen molar-refractivity contribution in [2.75, 3.05) is 0 Å². The van der Waals surface area contributed by atoms with Gasteiger partial charge < -0.3 is 5.11 Å². The number of aliphatic hydroxyl groups excluding tert-OH is 1. The van der Waals surface area contributed by atoms with Crippen molar-refractivity contribution in [3.05, 3.63) is 60.2 Å². The zero-order valence-corrected chi connectivity index (χ0v) is 8.72. The highest BCUT2D eigenvalue weighted by Crippen LogP contribution is 2.22. The second-order valence-corrected chi connectivity index (χ2v) is 3.67. The molecule has 0 radical (unpaired) electrons. The van der Waals surface area contributed by atoms with Gasteiger partial charge in [-0.3, -0.25) is 0 Å². The lowest BCUT2D eigenvalue weighted by molar-refractivity contribution is 0.199. The number of benzene rings is 2. The molecule has 76 valence electrons. The molecule has 0 aliphatic rings. The number of rotatable bonds is 2. The summed E-state index contributed by atoms with van der Waals surface area (Å²) in [5.74, 6) is 0. The van der Waals surface area contributed by atoms with Crippen LogP contribution in [0.3, 0.4) is 0 Å². The van der Waals surface area contributed by atoms with Crippen LogP contribution in [0.15, 0.2) is 54.6 Å². The maximum Gasteiger partial charge on any atom is 0.0762 e. The summed E-state index contributed by atoms with van der Waals surface area (Å²) in [5.41, 5.74) is 3.28. The fourth-order valence-electron chi connectivity index (χ4n) is 1.61. The summed E-state index contributed by atoms with van der Waals surface area (Å²) in [6, 6.07) is 18.2. The standard InChI is InChI=1S/C14H14O/c1-11(15)13-8-5-9-14(10-13)12-6-3-2-4-7-12/h2-11,15H,1H3/t11-/m1/s1. The number of hydrogen-bond donors (Lipinski definition) is 1. The Morgan fingerprint density at radius 1 is 0.867 bits per heavy atom. The topological polar surface area (TPSA) is 20.2 Å². The Morgan fingerprint density at radius 2 is 1.53 bits per heavy atom. The third-order valence-electron chi connectivity index (χ3n) is 2.48. The molecule has 2 aromatic carbocycles. The number of aliphatic hydroxyl groups is 1. The molecule has 15 heavy (non-hydrogen) atoms. The van der Waals surface area contributed by atoms with Crippen molar-refractivity contribution < 1.29 is 5.11 Å². The molecule has 0 amide bonds. The molecular weight excluding hydrogens is 184 g/mol. The normalized spacial score (nSPS) is 12.4. The summed E-state index contributed by atoms with van der Waals surface area (Å²) in [7, 11) is 0. The number of hydrogen-bond acceptors (Lipinski definition) is 1. The molecule has 0 spiro atoms. The Hall–Kier alpha value is -1.60. The van der Waals surface area contributed by atoms with Gasteiger partial charge >= 0.3 is 0 Å². The molecule has 1 atom stereocenters. The first-order chi connectivity index (χ1) is 7.27. The van der Waals surface area contributed by atoms with Crippen LogP contribution in [0, 0.1) is 0 Å². The fraction of sp³-hybridized carbons (Fsp3) is 0.143. The molecule has 0 aromatic heterocycles. The van der Waals surface area contributed by atoms with Crippen molar-refractivity contribution >= 4 is 0 Å². The van der Waals surface area contributed by atoms with E-state index in [0.717, 1.165) is 11.1 Å². The first kappa shape index (κ1) is 9.94. The van der Waals surface area contributed by atoms with E-state index in [2.05, 4.69) is 18.2 Å². The minimum absolute atomic E-state index is 0.409. The van der Waals surface area contributed by atoms with E-state index in [1.807, 2.05) is 36.4 Å². The van der Waals surface area contributed by atoms with Crippen LogP contribution >= 0.6 is 0 Å². The molecule has 0 heterocycles. The summed E-state index contributed by atoms with van der Waals surface area (Å²) in [6.45, 7) is 1.78. The Balaban J connectivity index is 2.42. The van der Waals surface area contributed by atoms with Gasteiger partial charge in [-0.2, -0.15) is 0 Å². The molecule has 0 aliphatic carbocycles. The van der Waals surface area contributed by atoms with Crippen LogP contribution in [0.25, 0.3) is 11.1 Å². The molecule has 0 bridgehead atoms. The summed E-state index contributed by atoms with van der Waals surface area (Å²) in [4.78, 5) is 0.